The van der Waals surface area contributed by atoms with E-state index in [2.05, 4.69) is 9.72 Å². The molecule has 2 rings (SSSR count). The number of piperidine rings is 1. The first-order chi connectivity index (χ1) is 9.52. The summed E-state index contributed by atoms with van der Waals surface area (Å²) in [6.45, 7) is 0.689. The van der Waals surface area contributed by atoms with Gasteiger partial charge in [0.05, 0.1) is 12.6 Å². The number of hydrogen-bond donors (Lipinski definition) is 1. The average Bonchev–Trinajstić information content (AvgIpc) is 2.96. The Bertz CT molecular complexity index is 590. The summed E-state index contributed by atoms with van der Waals surface area (Å²) in [5.41, 5.74) is 6.84. The number of methoxy groups -OCH3 is 1. The van der Waals surface area contributed by atoms with Crippen molar-refractivity contribution < 1.29 is 17.9 Å². The zero-order chi connectivity index (χ0) is 14.8. The first-order valence-corrected chi connectivity index (χ1v) is 8.58. The zero-order valence-corrected chi connectivity index (χ0v) is 14.0. The van der Waals surface area contributed by atoms with E-state index >= 15 is 0 Å². The van der Waals surface area contributed by atoms with Gasteiger partial charge in [-0.2, -0.15) is 4.31 Å². The third-order valence-corrected chi connectivity index (χ3v) is 6.60. The molecular formula is C11H18ClN3O4S2. The van der Waals surface area contributed by atoms with Crippen LogP contribution < -0.4 is 5.73 Å². The number of sulfonamides is 1. The maximum Gasteiger partial charge on any atom is 0.358 e. The predicted molar refractivity (Wildman–Crippen MR) is 81.3 cm³/mol. The van der Waals surface area contributed by atoms with Gasteiger partial charge in [-0.15, -0.1) is 23.7 Å². The van der Waals surface area contributed by atoms with Crippen LogP contribution in [0.1, 0.15) is 29.8 Å². The molecule has 21 heavy (non-hydrogen) atoms. The van der Waals surface area contributed by atoms with Crippen molar-refractivity contribution in [3.05, 3.63) is 11.2 Å². The van der Waals surface area contributed by atoms with Crippen LogP contribution in [0.15, 0.2) is 9.72 Å². The van der Waals surface area contributed by atoms with E-state index < -0.39 is 16.0 Å². The number of hydrogen-bond acceptors (Lipinski definition) is 7. The fourth-order valence-electron chi connectivity index (χ4n) is 2.28. The molecule has 0 spiro atoms. The van der Waals surface area contributed by atoms with Crippen molar-refractivity contribution in [1.29, 1.82) is 0 Å². The van der Waals surface area contributed by atoms with Crippen molar-refractivity contribution in [3.63, 3.8) is 0 Å². The van der Waals surface area contributed by atoms with Gasteiger partial charge in [-0.1, -0.05) is 6.42 Å². The highest BCUT2D eigenvalue weighted by Gasteiger charge is 2.37. The molecule has 1 fully saturated rings. The van der Waals surface area contributed by atoms with Gasteiger partial charge in [0.1, 0.15) is 0 Å². The molecule has 1 atom stereocenters. The van der Waals surface area contributed by atoms with E-state index in [4.69, 9.17) is 5.73 Å². The zero-order valence-electron chi connectivity index (χ0n) is 11.5. The third kappa shape index (κ3) is 3.54. The Balaban J connectivity index is 0.00000220. The Labute approximate surface area is 133 Å². The van der Waals surface area contributed by atoms with Crippen LogP contribution in [-0.4, -0.2) is 49.9 Å². The Hall–Kier alpha value is -0.740. The molecule has 0 aromatic carbocycles. The fourth-order valence-corrected chi connectivity index (χ4v) is 5.23. The van der Waals surface area contributed by atoms with Crippen LogP contribution >= 0.6 is 23.7 Å². The van der Waals surface area contributed by atoms with Gasteiger partial charge in [0, 0.05) is 19.1 Å². The van der Waals surface area contributed by atoms with Crippen LogP contribution in [0.5, 0.6) is 0 Å². The number of carbonyl (C=O) groups excluding carboxylic acids is 1. The first-order valence-electron chi connectivity index (χ1n) is 6.26. The molecule has 120 valence electrons. The summed E-state index contributed by atoms with van der Waals surface area (Å²) in [6.07, 6.45) is 2.49. The Kier molecular flexibility index (Phi) is 6.54. The second-order valence-electron chi connectivity index (χ2n) is 4.48. The molecule has 1 unspecified atom stereocenters. The summed E-state index contributed by atoms with van der Waals surface area (Å²) in [5, 5.41) is 0. The van der Waals surface area contributed by atoms with Gasteiger partial charge in [0.2, 0.25) is 0 Å². The van der Waals surface area contributed by atoms with E-state index in [0.29, 0.717) is 6.54 Å². The molecule has 7 nitrogen and oxygen atoms in total. The van der Waals surface area contributed by atoms with Gasteiger partial charge < -0.3 is 10.5 Å². The second kappa shape index (κ2) is 7.50. The summed E-state index contributed by atoms with van der Waals surface area (Å²) >= 11 is 0.924. The fraction of sp³-hybridized carbons (Fsp3) is 0.636. The molecule has 2 heterocycles. The molecule has 1 aromatic rings. The SMILES string of the molecule is COC(=O)c1ncsc1S(=O)(=O)N1CCCCC1CN.Cl. The monoisotopic (exact) mass is 355 g/mol. The topological polar surface area (TPSA) is 103 Å². The predicted octanol–water partition coefficient (Wildman–Crippen LogP) is 0.853. The number of halogens is 1. The minimum absolute atomic E-state index is 0. The standard InChI is InChI=1S/C11H17N3O4S2.ClH/c1-18-10(15)9-11(19-7-13-9)20(16,17)14-5-3-2-4-8(14)6-12;/h7-8H,2-6,12H2,1H3;1H. The molecule has 2 N–H and O–H groups in total. The molecule has 0 saturated carbocycles. The summed E-state index contributed by atoms with van der Waals surface area (Å²) in [4.78, 5) is 15.4. The van der Waals surface area contributed by atoms with Crippen molar-refractivity contribution in [2.75, 3.05) is 20.2 Å². The van der Waals surface area contributed by atoms with Crippen molar-refractivity contribution in [2.24, 2.45) is 5.73 Å². The maximum absolute atomic E-state index is 12.7. The number of thiazole rings is 1. The molecule has 0 radical (unpaired) electrons. The molecule has 1 saturated heterocycles. The van der Waals surface area contributed by atoms with E-state index in [9.17, 15) is 13.2 Å². The quantitative estimate of drug-likeness (QED) is 0.803. The van der Waals surface area contributed by atoms with Crippen molar-refractivity contribution >= 4 is 39.7 Å². The van der Waals surface area contributed by atoms with Gasteiger partial charge in [-0.25, -0.2) is 18.2 Å². The Morgan fingerprint density at radius 2 is 2.29 bits per heavy atom. The van der Waals surface area contributed by atoms with E-state index in [1.807, 2.05) is 0 Å². The Morgan fingerprint density at radius 1 is 1.57 bits per heavy atom. The number of rotatable bonds is 4. The van der Waals surface area contributed by atoms with Crippen molar-refractivity contribution in [1.82, 2.24) is 9.29 Å². The minimum Gasteiger partial charge on any atom is -0.464 e. The van der Waals surface area contributed by atoms with Gasteiger partial charge in [0.15, 0.2) is 9.90 Å². The second-order valence-corrected chi connectivity index (χ2v) is 7.42. The lowest BCUT2D eigenvalue weighted by atomic mass is 10.1. The Morgan fingerprint density at radius 3 is 2.90 bits per heavy atom. The maximum atomic E-state index is 12.7. The summed E-state index contributed by atoms with van der Waals surface area (Å²) in [7, 11) is -2.56. The highest BCUT2D eigenvalue weighted by molar-refractivity contribution is 7.91. The van der Waals surface area contributed by atoms with E-state index in [1.54, 1.807) is 0 Å². The van der Waals surface area contributed by atoms with Crippen LogP contribution in [0.25, 0.3) is 0 Å². The molecule has 0 aliphatic carbocycles. The van der Waals surface area contributed by atoms with Crippen LogP contribution in [0, 0.1) is 0 Å². The molecular weight excluding hydrogens is 338 g/mol. The number of ether oxygens (including phenoxy) is 1. The van der Waals surface area contributed by atoms with Gasteiger partial charge in [0.25, 0.3) is 10.0 Å². The number of nitrogens with two attached hydrogens (primary N) is 1. The van der Waals surface area contributed by atoms with Crippen LogP contribution in [-0.2, 0) is 14.8 Å². The minimum atomic E-state index is -3.76. The van der Waals surface area contributed by atoms with Crippen LogP contribution in [0.3, 0.4) is 0 Å². The molecule has 1 aliphatic heterocycles. The van der Waals surface area contributed by atoms with E-state index in [0.717, 1.165) is 30.6 Å². The smallest absolute Gasteiger partial charge is 0.358 e. The molecule has 0 amide bonds. The lowest BCUT2D eigenvalue weighted by Crippen LogP contribution is -2.47. The molecule has 1 aliphatic rings. The lowest BCUT2D eigenvalue weighted by Gasteiger charge is -2.33. The highest BCUT2D eigenvalue weighted by atomic mass is 35.5. The lowest BCUT2D eigenvalue weighted by molar-refractivity contribution is 0.0590. The number of nitrogens with zero attached hydrogens (tertiary/aromatic N) is 2. The number of esters is 1. The van der Waals surface area contributed by atoms with Crippen molar-refractivity contribution in [3.8, 4) is 0 Å². The van der Waals surface area contributed by atoms with Crippen LogP contribution in [0.2, 0.25) is 0 Å². The first kappa shape index (κ1) is 18.3. The normalized spacial score (nSPS) is 19.8. The average molecular weight is 356 g/mol. The van der Waals surface area contributed by atoms with Gasteiger partial charge >= 0.3 is 5.97 Å². The van der Waals surface area contributed by atoms with Crippen LogP contribution in [0.4, 0.5) is 0 Å². The highest BCUT2D eigenvalue weighted by Crippen LogP contribution is 2.29. The van der Waals surface area contributed by atoms with E-state index in [1.165, 1.54) is 16.9 Å². The molecule has 0 bridgehead atoms. The molecule has 10 heteroatoms. The number of carbonyl (C=O) groups is 1. The number of aromatic nitrogens is 1. The van der Waals surface area contributed by atoms with E-state index in [-0.39, 0.29) is 34.9 Å². The largest absolute Gasteiger partial charge is 0.464 e. The summed E-state index contributed by atoms with van der Waals surface area (Å²) in [5.74, 6) is -0.744. The van der Waals surface area contributed by atoms with Crippen molar-refractivity contribution in [2.45, 2.75) is 29.5 Å². The third-order valence-electron chi connectivity index (χ3n) is 3.30. The van der Waals surface area contributed by atoms with Gasteiger partial charge in [-0.3, -0.25) is 0 Å². The van der Waals surface area contributed by atoms with Gasteiger partial charge in [-0.05, 0) is 12.8 Å². The summed E-state index contributed by atoms with van der Waals surface area (Å²) < 4.78 is 31.3. The summed E-state index contributed by atoms with van der Waals surface area (Å²) in [6, 6.07) is -0.221. The molecule has 1 aromatic heterocycles.